The maximum atomic E-state index is 11.9. The standard InChI is InChI=1S/C23H35ClO4/c1-18(2)11-10-16-27-22(25)12-8-6-4-5-7-9-13-23(26)28-20-14-15-21(24)19(3)17-20/h14-15,17-18H,4-13,16H2,1-3H3. The molecule has 0 amide bonds. The van der Waals surface area contributed by atoms with Gasteiger partial charge in [0.1, 0.15) is 5.75 Å². The van der Waals surface area contributed by atoms with E-state index in [-0.39, 0.29) is 11.9 Å². The Morgan fingerprint density at radius 3 is 2.14 bits per heavy atom. The Bertz CT molecular complexity index is 598. The summed E-state index contributed by atoms with van der Waals surface area (Å²) in [6.45, 7) is 6.77. The molecule has 1 rings (SSSR count). The summed E-state index contributed by atoms with van der Waals surface area (Å²) in [6, 6.07) is 5.22. The summed E-state index contributed by atoms with van der Waals surface area (Å²) in [5, 5.41) is 0.666. The van der Waals surface area contributed by atoms with Crippen LogP contribution in [0.4, 0.5) is 0 Å². The van der Waals surface area contributed by atoms with Crippen LogP contribution in [0.25, 0.3) is 0 Å². The summed E-state index contributed by atoms with van der Waals surface area (Å²) < 4.78 is 10.6. The fraction of sp³-hybridized carbons (Fsp3) is 0.652. The average Bonchev–Trinajstić information content (AvgIpc) is 2.64. The molecule has 28 heavy (non-hydrogen) atoms. The lowest BCUT2D eigenvalue weighted by Gasteiger charge is -2.07. The summed E-state index contributed by atoms with van der Waals surface area (Å²) in [5.41, 5.74) is 0.895. The quantitative estimate of drug-likeness (QED) is 0.195. The lowest BCUT2D eigenvalue weighted by atomic mass is 10.1. The van der Waals surface area contributed by atoms with Gasteiger partial charge in [-0.2, -0.15) is 0 Å². The van der Waals surface area contributed by atoms with E-state index in [2.05, 4.69) is 13.8 Å². The van der Waals surface area contributed by atoms with Crippen molar-refractivity contribution in [2.24, 2.45) is 5.92 Å². The second-order valence-corrected chi connectivity index (χ2v) is 8.17. The second kappa shape index (κ2) is 14.4. The molecule has 4 nitrogen and oxygen atoms in total. The molecule has 0 atom stereocenters. The van der Waals surface area contributed by atoms with E-state index in [4.69, 9.17) is 21.1 Å². The van der Waals surface area contributed by atoms with Crippen LogP contribution < -0.4 is 4.74 Å². The van der Waals surface area contributed by atoms with Crippen LogP contribution in [0, 0.1) is 12.8 Å². The Labute approximate surface area is 174 Å². The molecule has 0 N–H and O–H groups in total. The van der Waals surface area contributed by atoms with Crippen molar-refractivity contribution in [2.75, 3.05) is 6.61 Å². The van der Waals surface area contributed by atoms with E-state index in [1.54, 1.807) is 18.2 Å². The third kappa shape index (κ3) is 12.0. The fourth-order valence-electron chi connectivity index (χ4n) is 2.86. The zero-order valence-electron chi connectivity index (χ0n) is 17.6. The van der Waals surface area contributed by atoms with Gasteiger partial charge in [0, 0.05) is 17.9 Å². The first kappa shape index (κ1) is 24.5. The van der Waals surface area contributed by atoms with Crippen LogP contribution in [0.3, 0.4) is 0 Å². The highest BCUT2D eigenvalue weighted by Crippen LogP contribution is 2.21. The lowest BCUT2D eigenvalue weighted by molar-refractivity contribution is -0.144. The van der Waals surface area contributed by atoms with Crippen molar-refractivity contribution in [2.45, 2.75) is 85.0 Å². The summed E-state index contributed by atoms with van der Waals surface area (Å²) in [5.74, 6) is 0.913. The number of rotatable bonds is 14. The molecule has 0 heterocycles. The van der Waals surface area contributed by atoms with Gasteiger partial charge in [0.2, 0.25) is 0 Å². The molecule has 5 heteroatoms. The minimum absolute atomic E-state index is 0.0797. The predicted molar refractivity (Wildman–Crippen MR) is 114 cm³/mol. The number of carbonyl (C=O) groups excluding carboxylic acids is 2. The largest absolute Gasteiger partial charge is 0.466 e. The number of hydrogen-bond acceptors (Lipinski definition) is 4. The summed E-state index contributed by atoms with van der Waals surface area (Å²) in [6.07, 6.45) is 8.83. The van der Waals surface area contributed by atoms with Crippen LogP contribution in [0.1, 0.15) is 83.6 Å². The maximum absolute atomic E-state index is 11.9. The van der Waals surface area contributed by atoms with Gasteiger partial charge in [-0.05, 0) is 62.3 Å². The van der Waals surface area contributed by atoms with Crippen LogP contribution in [0.2, 0.25) is 5.02 Å². The lowest BCUT2D eigenvalue weighted by Crippen LogP contribution is -2.07. The van der Waals surface area contributed by atoms with Crippen LogP contribution in [0.5, 0.6) is 5.75 Å². The van der Waals surface area contributed by atoms with Crippen LogP contribution in [-0.2, 0) is 14.3 Å². The first-order valence-corrected chi connectivity index (χ1v) is 10.9. The number of carbonyl (C=O) groups is 2. The van der Waals surface area contributed by atoms with Crippen molar-refractivity contribution in [1.29, 1.82) is 0 Å². The fourth-order valence-corrected chi connectivity index (χ4v) is 2.98. The molecule has 0 saturated heterocycles. The molecule has 158 valence electrons. The number of ether oxygens (including phenoxy) is 2. The molecular weight excluding hydrogens is 376 g/mol. The van der Waals surface area contributed by atoms with Gasteiger partial charge >= 0.3 is 11.9 Å². The SMILES string of the molecule is Cc1cc(OC(=O)CCCCCCCCC(=O)OCCCC(C)C)ccc1Cl. The summed E-state index contributed by atoms with van der Waals surface area (Å²) in [7, 11) is 0. The highest BCUT2D eigenvalue weighted by molar-refractivity contribution is 6.31. The van der Waals surface area contributed by atoms with Gasteiger partial charge in [-0.15, -0.1) is 0 Å². The predicted octanol–water partition coefficient (Wildman–Crippen LogP) is 6.65. The third-order valence-electron chi connectivity index (χ3n) is 4.56. The topological polar surface area (TPSA) is 52.6 Å². The summed E-state index contributed by atoms with van der Waals surface area (Å²) >= 11 is 5.96. The third-order valence-corrected chi connectivity index (χ3v) is 4.99. The number of benzene rings is 1. The minimum atomic E-state index is -0.207. The first-order valence-electron chi connectivity index (χ1n) is 10.5. The Morgan fingerprint density at radius 2 is 1.54 bits per heavy atom. The molecule has 0 aliphatic heterocycles. The minimum Gasteiger partial charge on any atom is -0.466 e. The number of halogens is 1. The van der Waals surface area contributed by atoms with E-state index in [1.165, 1.54) is 0 Å². The molecule has 0 radical (unpaired) electrons. The number of aryl methyl sites for hydroxylation is 1. The Hall–Kier alpha value is -1.55. The molecule has 0 aliphatic carbocycles. The van der Waals surface area contributed by atoms with Crippen LogP contribution in [-0.4, -0.2) is 18.5 Å². The van der Waals surface area contributed by atoms with Gasteiger partial charge < -0.3 is 9.47 Å². The Kier molecular flexibility index (Phi) is 12.6. The van der Waals surface area contributed by atoms with Crippen LogP contribution in [0.15, 0.2) is 18.2 Å². The maximum Gasteiger partial charge on any atom is 0.311 e. The van der Waals surface area contributed by atoms with Crippen molar-refractivity contribution in [1.82, 2.24) is 0 Å². The molecular formula is C23H35ClO4. The van der Waals surface area contributed by atoms with Gasteiger partial charge in [-0.25, -0.2) is 0 Å². The van der Waals surface area contributed by atoms with Gasteiger partial charge in [0.25, 0.3) is 0 Å². The smallest absolute Gasteiger partial charge is 0.311 e. The van der Waals surface area contributed by atoms with E-state index in [0.717, 1.165) is 56.9 Å². The van der Waals surface area contributed by atoms with Gasteiger partial charge in [-0.1, -0.05) is 51.1 Å². The molecule has 0 unspecified atom stereocenters. The van der Waals surface area contributed by atoms with Gasteiger partial charge in [0.05, 0.1) is 6.61 Å². The van der Waals surface area contributed by atoms with Crippen molar-refractivity contribution in [3.63, 3.8) is 0 Å². The van der Waals surface area contributed by atoms with E-state index in [1.807, 2.05) is 6.92 Å². The number of esters is 2. The summed E-state index contributed by atoms with van der Waals surface area (Å²) in [4.78, 5) is 23.5. The zero-order valence-corrected chi connectivity index (χ0v) is 18.4. The van der Waals surface area contributed by atoms with Crippen molar-refractivity contribution in [3.8, 4) is 5.75 Å². The van der Waals surface area contributed by atoms with E-state index < -0.39 is 0 Å². The van der Waals surface area contributed by atoms with Crippen molar-refractivity contribution in [3.05, 3.63) is 28.8 Å². The van der Waals surface area contributed by atoms with Crippen molar-refractivity contribution < 1.29 is 19.1 Å². The monoisotopic (exact) mass is 410 g/mol. The molecule has 0 aliphatic rings. The highest BCUT2D eigenvalue weighted by Gasteiger charge is 2.07. The molecule has 0 spiro atoms. The first-order chi connectivity index (χ1) is 13.4. The van der Waals surface area contributed by atoms with Gasteiger partial charge in [0.15, 0.2) is 0 Å². The molecule has 1 aromatic rings. The van der Waals surface area contributed by atoms with E-state index in [9.17, 15) is 9.59 Å². The molecule has 0 fully saturated rings. The molecule has 1 aromatic carbocycles. The Balaban J connectivity index is 1.96. The van der Waals surface area contributed by atoms with Gasteiger partial charge in [-0.3, -0.25) is 9.59 Å². The molecule has 0 aromatic heterocycles. The highest BCUT2D eigenvalue weighted by atomic mass is 35.5. The molecule has 0 saturated carbocycles. The van der Waals surface area contributed by atoms with Crippen molar-refractivity contribution >= 4 is 23.5 Å². The second-order valence-electron chi connectivity index (χ2n) is 7.76. The zero-order chi connectivity index (χ0) is 20.8. The van der Waals surface area contributed by atoms with Crippen LogP contribution >= 0.6 is 11.6 Å². The Morgan fingerprint density at radius 1 is 0.929 bits per heavy atom. The van der Waals surface area contributed by atoms with E-state index >= 15 is 0 Å². The number of unbranched alkanes of at least 4 members (excludes halogenated alkanes) is 5. The normalized spacial score (nSPS) is 10.9. The molecule has 0 bridgehead atoms. The number of hydrogen-bond donors (Lipinski definition) is 0. The van der Waals surface area contributed by atoms with E-state index in [0.29, 0.717) is 36.1 Å². The average molecular weight is 411 g/mol.